The molecule has 21 heavy (non-hydrogen) atoms. The fourth-order valence-corrected chi connectivity index (χ4v) is 2.72. The Labute approximate surface area is 121 Å². The van der Waals surface area contributed by atoms with Crippen molar-refractivity contribution in [2.24, 2.45) is 0 Å². The summed E-state index contributed by atoms with van der Waals surface area (Å²) >= 11 is 0. The van der Waals surface area contributed by atoms with Crippen LogP contribution < -0.4 is 9.26 Å². The first-order valence-electron chi connectivity index (χ1n) is 6.34. The minimum atomic E-state index is -3.70. The molecule has 0 saturated heterocycles. The molecule has 0 aliphatic carbocycles. The second-order valence-electron chi connectivity index (χ2n) is 4.74. The molecule has 3 aromatic rings. The number of para-hydroxylation sites is 1. The van der Waals surface area contributed by atoms with Gasteiger partial charge in [-0.15, -0.1) is 0 Å². The van der Waals surface area contributed by atoms with Crippen LogP contribution in [0.1, 0.15) is 0 Å². The molecule has 1 heterocycles. The largest absolute Gasteiger partial charge is 0.497 e. The van der Waals surface area contributed by atoms with Crippen LogP contribution >= 0.6 is 7.60 Å². The fourth-order valence-electron chi connectivity index (χ4n) is 2.26. The van der Waals surface area contributed by atoms with Gasteiger partial charge in [-0.3, -0.25) is 0 Å². The van der Waals surface area contributed by atoms with E-state index in [1.165, 1.54) is 0 Å². The van der Waals surface area contributed by atoms with Crippen molar-refractivity contribution in [3.05, 3.63) is 42.5 Å². The summed E-state index contributed by atoms with van der Waals surface area (Å²) in [6.45, 7) is 1.13. The fraction of sp³-hybridized carbons (Fsp3) is 0.133. The van der Waals surface area contributed by atoms with Crippen molar-refractivity contribution < 1.29 is 18.7 Å². The molecular formula is C15H14NO4P. The minimum absolute atomic E-state index is 0.135. The van der Waals surface area contributed by atoms with Crippen LogP contribution in [-0.2, 0) is 4.57 Å². The van der Waals surface area contributed by atoms with E-state index in [9.17, 15) is 9.46 Å². The third-order valence-corrected chi connectivity index (χ3v) is 3.64. The zero-order valence-corrected chi connectivity index (χ0v) is 12.5. The number of aromatic nitrogens is 1. The highest BCUT2D eigenvalue weighted by Crippen LogP contribution is 2.42. The van der Waals surface area contributed by atoms with Crippen LogP contribution in [0.25, 0.3) is 21.7 Å². The zero-order chi connectivity index (χ0) is 15.0. The molecule has 1 unspecified atom stereocenters. The molecule has 1 N–H and O–H groups in total. The van der Waals surface area contributed by atoms with Gasteiger partial charge in [-0.25, -0.2) is 9.55 Å². The Morgan fingerprint density at radius 2 is 1.86 bits per heavy atom. The third kappa shape index (κ3) is 2.71. The topological polar surface area (TPSA) is 68.7 Å². The lowest BCUT2D eigenvalue weighted by Crippen LogP contribution is -1.95. The van der Waals surface area contributed by atoms with E-state index >= 15 is 0 Å². The number of rotatable bonds is 3. The van der Waals surface area contributed by atoms with E-state index in [0.29, 0.717) is 16.7 Å². The minimum Gasteiger partial charge on any atom is -0.497 e. The number of methoxy groups -OCH3 is 1. The molecule has 1 atom stereocenters. The summed E-state index contributed by atoms with van der Waals surface area (Å²) in [4.78, 5) is 13.8. The molecule has 5 nitrogen and oxygen atoms in total. The van der Waals surface area contributed by atoms with Gasteiger partial charge in [0.05, 0.1) is 12.6 Å². The van der Waals surface area contributed by atoms with Crippen LogP contribution in [0.3, 0.4) is 0 Å². The second kappa shape index (κ2) is 5.02. The molecule has 0 fully saturated rings. The molecule has 0 radical (unpaired) electrons. The molecule has 1 aromatic heterocycles. The Kier molecular flexibility index (Phi) is 3.32. The van der Waals surface area contributed by atoms with E-state index in [1.54, 1.807) is 13.2 Å². The summed E-state index contributed by atoms with van der Waals surface area (Å²) in [6, 6.07) is 13.0. The van der Waals surface area contributed by atoms with Crippen LogP contribution in [0.2, 0.25) is 0 Å². The molecular weight excluding hydrogens is 289 g/mol. The first kappa shape index (κ1) is 13.9. The molecule has 0 aliphatic rings. The summed E-state index contributed by atoms with van der Waals surface area (Å²) < 4.78 is 22.0. The number of hydrogen-bond acceptors (Lipinski definition) is 4. The average Bonchev–Trinajstić information content (AvgIpc) is 2.45. The summed E-state index contributed by atoms with van der Waals surface area (Å²) in [5, 5.41) is 2.49. The lowest BCUT2D eigenvalue weighted by atomic mass is 10.1. The lowest BCUT2D eigenvalue weighted by Gasteiger charge is -2.13. The van der Waals surface area contributed by atoms with Crippen molar-refractivity contribution in [1.29, 1.82) is 0 Å². The van der Waals surface area contributed by atoms with Crippen molar-refractivity contribution in [1.82, 2.24) is 4.98 Å². The van der Waals surface area contributed by atoms with Gasteiger partial charge in [0, 0.05) is 17.4 Å². The molecule has 0 spiro atoms. The summed E-state index contributed by atoms with van der Waals surface area (Å²) in [6.07, 6.45) is 0. The van der Waals surface area contributed by atoms with Crippen molar-refractivity contribution in [2.75, 3.05) is 13.8 Å². The third-order valence-electron chi connectivity index (χ3n) is 3.13. The van der Waals surface area contributed by atoms with E-state index in [0.717, 1.165) is 17.4 Å². The standard InChI is InChI=1S/C15H14NO4P/c1-19-10-7-8-11-12-5-3-4-6-14(12)16-15(13(11)9-10)20-21(2,17)18/h3-9H,1-2H3,(H,17,18). The van der Waals surface area contributed by atoms with Crippen LogP contribution in [-0.4, -0.2) is 23.7 Å². The maximum Gasteiger partial charge on any atom is 0.374 e. The van der Waals surface area contributed by atoms with E-state index in [4.69, 9.17) is 9.26 Å². The molecule has 3 rings (SSSR count). The maximum absolute atomic E-state index is 11.6. The smallest absolute Gasteiger partial charge is 0.374 e. The molecule has 0 bridgehead atoms. The number of pyridine rings is 1. The predicted octanol–water partition coefficient (Wildman–Crippen LogP) is 3.59. The Morgan fingerprint density at radius 3 is 2.57 bits per heavy atom. The van der Waals surface area contributed by atoms with Gasteiger partial charge in [0.1, 0.15) is 5.75 Å². The summed E-state index contributed by atoms with van der Waals surface area (Å²) in [5.74, 6) is 0.768. The van der Waals surface area contributed by atoms with Crippen LogP contribution in [0.4, 0.5) is 0 Å². The maximum atomic E-state index is 11.6. The van der Waals surface area contributed by atoms with Gasteiger partial charge in [0.15, 0.2) is 0 Å². The van der Waals surface area contributed by atoms with Gasteiger partial charge >= 0.3 is 7.60 Å². The SMILES string of the molecule is COc1ccc2c(c1)c(OP(C)(=O)O)nc1ccccc12. The van der Waals surface area contributed by atoms with Crippen molar-refractivity contribution >= 4 is 29.3 Å². The van der Waals surface area contributed by atoms with Crippen molar-refractivity contribution in [3.63, 3.8) is 0 Å². The van der Waals surface area contributed by atoms with Gasteiger partial charge < -0.3 is 14.2 Å². The number of hydrogen-bond donors (Lipinski definition) is 1. The van der Waals surface area contributed by atoms with E-state index in [-0.39, 0.29) is 5.88 Å². The highest BCUT2D eigenvalue weighted by molar-refractivity contribution is 7.52. The lowest BCUT2D eigenvalue weighted by molar-refractivity contribution is 0.384. The van der Waals surface area contributed by atoms with E-state index < -0.39 is 7.60 Å². The quantitative estimate of drug-likeness (QED) is 0.591. The Hall–Kier alpha value is -2.10. The Balaban J connectivity index is 2.38. The first-order valence-corrected chi connectivity index (χ1v) is 8.37. The molecule has 108 valence electrons. The molecule has 2 aromatic carbocycles. The van der Waals surface area contributed by atoms with Gasteiger partial charge in [0.25, 0.3) is 0 Å². The van der Waals surface area contributed by atoms with Crippen LogP contribution in [0, 0.1) is 0 Å². The first-order chi connectivity index (χ1) is 9.98. The van der Waals surface area contributed by atoms with Crippen molar-refractivity contribution in [3.8, 4) is 11.6 Å². The Morgan fingerprint density at radius 1 is 1.10 bits per heavy atom. The predicted molar refractivity (Wildman–Crippen MR) is 82.2 cm³/mol. The number of fused-ring (bicyclic) bond motifs is 3. The number of benzene rings is 2. The van der Waals surface area contributed by atoms with Crippen molar-refractivity contribution in [2.45, 2.75) is 0 Å². The number of nitrogens with zero attached hydrogens (tertiary/aromatic N) is 1. The normalized spacial score (nSPS) is 14.0. The molecule has 6 heteroatoms. The average molecular weight is 303 g/mol. The molecule has 0 amide bonds. The van der Waals surface area contributed by atoms with Crippen LogP contribution in [0.15, 0.2) is 42.5 Å². The van der Waals surface area contributed by atoms with Gasteiger partial charge in [-0.2, -0.15) is 0 Å². The van der Waals surface area contributed by atoms with Gasteiger partial charge in [-0.05, 0) is 29.7 Å². The van der Waals surface area contributed by atoms with Gasteiger partial charge in [-0.1, -0.05) is 18.2 Å². The zero-order valence-electron chi connectivity index (χ0n) is 11.6. The second-order valence-corrected chi connectivity index (χ2v) is 6.53. The highest BCUT2D eigenvalue weighted by Gasteiger charge is 2.17. The Bertz CT molecular complexity index is 872. The van der Waals surface area contributed by atoms with E-state index in [1.807, 2.05) is 36.4 Å². The molecule has 0 saturated carbocycles. The number of ether oxygens (including phenoxy) is 1. The van der Waals surface area contributed by atoms with Gasteiger partial charge in [0.2, 0.25) is 5.88 Å². The van der Waals surface area contributed by atoms with Crippen LogP contribution in [0.5, 0.6) is 11.6 Å². The molecule has 0 aliphatic heterocycles. The monoisotopic (exact) mass is 303 g/mol. The summed E-state index contributed by atoms with van der Waals surface area (Å²) in [5.41, 5.74) is 0.707. The summed E-state index contributed by atoms with van der Waals surface area (Å²) in [7, 11) is -2.13. The highest BCUT2D eigenvalue weighted by atomic mass is 31.2. The van der Waals surface area contributed by atoms with E-state index in [2.05, 4.69) is 4.98 Å².